The first-order valence-corrected chi connectivity index (χ1v) is 9.27. The van der Waals surface area contributed by atoms with Crippen molar-refractivity contribution < 1.29 is 51.0 Å². The molecular formula is C25H22Cl2Zr. The number of allylic oxidation sites excluding steroid dienone is 1. The molecule has 2 aliphatic carbocycles. The zero-order valence-electron chi connectivity index (χ0n) is 15.8. The summed E-state index contributed by atoms with van der Waals surface area (Å²) >= 11 is 0. The molecule has 0 saturated carbocycles. The van der Waals surface area contributed by atoms with Crippen LogP contribution < -0.4 is 24.8 Å². The van der Waals surface area contributed by atoms with Crippen molar-refractivity contribution in [2.75, 3.05) is 0 Å². The van der Waals surface area contributed by atoms with E-state index in [0.717, 1.165) is 12.8 Å². The molecule has 0 nitrogen and oxygen atoms in total. The van der Waals surface area contributed by atoms with Crippen LogP contribution >= 0.6 is 0 Å². The van der Waals surface area contributed by atoms with E-state index in [1.807, 2.05) is 0 Å². The summed E-state index contributed by atoms with van der Waals surface area (Å²) in [5.74, 6) is 1.14. The van der Waals surface area contributed by atoms with Crippen LogP contribution in [0, 0.1) is 5.92 Å². The van der Waals surface area contributed by atoms with E-state index in [-0.39, 0.29) is 51.0 Å². The Labute approximate surface area is 199 Å². The molecule has 0 heterocycles. The summed E-state index contributed by atoms with van der Waals surface area (Å²) in [5.41, 5.74) is 10.3. The Balaban J connectivity index is 0.000000934. The summed E-state index contributed by atoms with van der Waals surface area (Å²) in [6.45, 7) is 2.40. The van der Waals surface area contributed by atoms with Crippen molar-refractivity contribution in [3.63, 3.8) is 0 Å². The molecule has 5 rings (SSSR count). The van der Waals surface area contributed by atoms with Crippen LogP contribution in [0.1, 0.15) is 40.7 Å². The van der Waals surface area contributed by atoms with Crippen LogP contribution in [0.3, 0.4) is 0 Å². The molecule has 0 fully saturated rings. The number of hydrogen-bond donors (Lipinski definition) is 0. The number of hydrogen-bond acceptors (Lipinski definition) is 0. The fourth-order valence-corrected chi connectivity index (χ4v) is 4.66. The molecule has 3 aromatic carbocycles. The molecule has 0 bridgehead atoms. The van der Waals surface area contributed by atoms with Crippen LogP contribution in [0.15, 0.2) is 72.8 Å². The van der Waals surface area contributed by atoms with Gasteiger partial charge in [-0.25, -0.2) is 0 Å². The molecule has 0 amide bonds. The van der Waals surface area contributed by atoms with Crippen molar-refractivity contribution in [2.24, 2.45) is 5.92 Å². The molecule has 2 aliphatic rings. The molecule has 0 aliphatic heterocycles. The van der Waals surface area contributed by atoms with Gasteiger partial charge in [0.2, 0.25) is 0 Å². The average Bonchev–Trinajstić information content (AvgIpc) is 3.24. The molecule has 2 unspecified atom stereocenters. The van der Waals surface area contributed by atoms with Crippen LogP contribution in [-0.4, -0.2) is 0 Å². The molecule has 0 N–H and O–H groups in total. The van der Waals surface area contributed by atoms with Crippen molar-refractivity contribution in [3.8, 4) is 11.1 Å². The third kappa shape index (κ3) is 3.95. The van der Waals surface area contributed by atoms with Crippen molar-refractivity contribution in [3.05, 3.63) is 101 Å². The van der Waals surface area contributed by atoms with Gasteiger partial charge in [0.15, 0.2) is 0 Å². The van der Waals surface area contributed by atoms with Crippen molar-refractivity contribution in [2.45, 2.75) is 25.7 Å². The maximum Gasteiger partial charge on any atom is 2.00 e. The van der Waals surface area contributed by atoms with Gasteiger partial charge in [-0.1, -0.05) is 85.8 Å². The topological polar surface area (TPSA) is 0 Å². The zero-order chi connectivity index (χ0) is 16.8. The maximum absolute atomic E-state index is 2.40. The molecule has 3 heteroatoms. The normalized spacial score (nSPS) is 16.0. The van der Waals surface area contributed by atoms with Crippen LogP contribution in [0.2, 0.25) is 0 Å². The molecule has 0 spiro atoms. The van der Waals surface area contributed by atoms with Gasteiger partial charge in [0, 0.05) is 5.92 Å². The Kier molecular flexibility index (Phi) is 7.91. The van der Waals surface area contributed by atoms with E-state index >= 15 is 0 Å². The van der Waals surface area contributed by atoms with Crippen LogP contribution in [0.4, 0.5) is 0 Å². The van der Waals surface area contributed by atoms with Gasteiger partial charge < -0.3 is 24.8 Å². The molecule has 0 saturated heterocycles. The van der Waals surface area contributed by atoms with Gasteiger partial charge in [-0.15, -0.1) is 0 Å². The van der Waals surface area contributed by atoms with E-state index < -0.39 is 0 Å². The van der Waals surface area contributed by atoms with Gasteiger partial charge in [0.25, 0.3) is 0 Å². The first-order valence-electron chi connectivity index (χ1n) is 9.27. The van der Waals surface area contributed by atoms with Gasteiger partial charge in [-0.2, -0.15) is 0 Å². The average molecular weight is 485 g/mol. The summed E-state index contributed by atoms with van der Waals surface area (Å²) in [6.07, 6.45) is 6.92. The van der Waals surface area contributed by atoms with Gasteiger partial charge in [-0.3, -0.25) is 0 Å². The Morgan fingerprint density at radius 3 is 2.43 bits per heavy atom. The third-order valence-electron chi connectivity index (χ3n) is 5.94. The van der Waals surface area contributed by atoms with Crippen molar-refractivity contribution in [1.29, 1.82) is 0 Å². The first-order chi connectivity index (χ1) is 12.3. The summed E-state index contributed by atoms with van der Waals surface area (Å²) in [4.78, 5) is 0. The van der Waals surface area contributed by atoms with E-state index in [1.165, 1.54) is 33.4 Å². The quantitative estimate of drug-likeness (QED) is 0.391. The second-order valence-corrected chi connectivity index (χ2v) is 7.47. The van der Waals surface area contributed by atoms with E-state index in [0.29, 0.717) is 11.8 Å². The summed E-state index contributed by atoms with van der Waals surface area (Å²) in [6, 6.07) is 24.6. The summed E-state index contributed by atoms with van der Waals surface area (Å²) < 4.78 is 0. The minimum absolute atomic E-state index is 0. The van der Waals surface area contributed by atoms with E-state index in [9.17, 15) is 0 Å². The Morgan fingerprint density at radius 1 is 0.857 bits per heavy atom. The van der Waals surface area contributed by atoms with E-state index in [1.54, 1.807) is 5.56 Å². The minimum atomic E-state index is 0. The predicted octanol–water partition coefficient (Wildman–Crippen LogP) is 0.253. The van der Waals surface area contributed by atoms with Crippen LogP contribution in [0.5, 0.6) is 0 Å². The van der Waals surface area contributed by atoms with E-state index in [2.05, 4.69) is 85.8 Å². The summed E-state index contributed by atoms with van der Waals surface area (Å²) in [5, 5.41) is 0. The molecule has 3 aromatic rings. The summed E-state index contributed by atoms with van der Waals surface area (Å²) in [7, 11) is 0. The predicted molar refractivity (Wildman–Crippen MR) is 106 cm³/mol. The number of fused-ring (bicyclic) bond motifs is 4. The Hall–Kier alpha value is -1.14. The fraction of sp³-hybridized carbons (Fsp3) is 0.200. The fourth-order valence-electron chi connectivity index (χ4n) is 4.66. The molecule has 28 heavy (non-hydrogen) atoms. The Bertz CT molecular complexity index is 993. The van der Waals surface area contributed by atoms with Crippen LogP contribution in [0.25, 0.3) is 17.2 Å². The van der Waals surface area contributed by atoms with Gasteiger partial charge in [-0.05, 0) is 57.7 Å². The van der Waals surface area contributed by atoms with Gasteiger partial charge in [0.05, 0.1) is 0 Å². The monoisotopic (exact) mass is 482 g/mol. The largest absolute Gasteiger partial charge is 2.00 e. The van der Waals surface area contributed by atoms with Crippen molar-refractivity contribution >= 4 is 6.08 Å². The zero-order valence-corrected chi connectivity index (χ0v) is 19.8. The number of halogens is 2. The number of rotatable bonds is 3. The number of benzene rings is 3. The second kappa shape index (κ2) is 9.57. The minimum Gasteiger partial charge on any atom is -1.00 e. The van der Waals surface area contributed by atoms with Crippen LogP contribution in [-0.2, 0) is 39.0 Å². The smallest absolute Gasteiger partial charge is 1.00 e. The molecule has 0 aromatic heterocycles. The SMILES string of the molecule is CC(Cc1cccc2c1Cc1ccccc1-2)C1C=Cc2ccccc21.[Cl-].[Cl-].[Zr+2]. The molecular weight excluding hydrogens is 462 g/mol. The third-order valence-corrected chi connectivity index (χ3v) is 5.94. The van der Waals surface area contributed by atoms with Gasteiger partial charge >= 0.3 is 26.2 Å². The Morgan fingerprint density at radius 2 is 1.57 bits per heavy atom. The molecule has 0 radical (unpaired) electrons. The maximum atomic E-state index is 2.40. The first kappa shape index (κ1) is 23.1. The second-order valence-electron chi connectivity index (χ2n) is 7.47. The molecule has 2 atom stereocenters. The van der Waals surface area contributed by atoms with E-state index in [4.69, 9.17) is 0 Å². The standard InChI is InChI=1S/C25H22.2ClH.Zr/c1-17(21-14-13-18-7-2-4-10-22(18)21)15-19-9-6-12-24-23-11-5-3-8-20(23)16-25(19)24;;;/h2-14,17,21H,15-16H2,1H3;2*1H;/q;;;+2/p-2. The van der Waals surface area contributed by atoms with Crippen molar-refractivity contribution in [1.82, 2.24) is 0 Å². The molecule has 140 valence electrons. The van der Waals surface area contributed by atoms with Gasteiger partial charge in [0.1, 0.15) is 0 Å².